The van der Waals surface area contributed by atoms with Crippen LogP contribution in [-0.2, 0) is 33.3 Å². The molecule has 1 spiro atoms. The highest BCUT2D eigenvalue weighted by Crippen LogP contribution is 2.79. The summed E-state index contributed by atoms with van der Waals surface area (Å²) in [5.41, 5.74) is -3.37. The van der Waals surface area contributed by atoms with Gasteiger partial charge in [-0.1, -0.05) is 20.8 Å². The van der Waals surface area contributed by atoms with E-state index in [-0.39, 0.29) is 18.3 Å². The number of rotatable bonds is 2. The Morgan fingerprint density at radius 3 is 2.49 bits per heavy atom. The molecule has 3 saturated heterocycles. The van der Waals surface area contributed by atoms with Crippen molar-refractivity contribution in [2.24, 2.45) is 28.1 Å². The number of carbonyl (C=O) groups is 3. The van der Waals surface area contributed by atoms with Crippen LogP contribution in [0.5, 0.6) is 0 Å². The third-order valence-electron chi connectivity index (χ3n) is 11.0. The Balaban J connectivity index is 1.53. The lowest BCUT2D eigenvalue weighted by Gasteiger charge is -2.68. The normalized spacial score (nSPS) is 49.7. The minimum atomic E-state index is -0.990. The zero-order valence-electron chi connectivity index (χ0n) is 22.2. The molecule has 0 aromatic carbocycles. The first-order valence-electron chi connectivity index (χ1n) is 13.2. The molecule has 0 bridgehead atoms. The second-order valence-corrected chi connectivity index (χ2v) is 12.9. The number of cyclic esters (lactones) is 2. The molecule has 1 N–H and O–H groups in total. The number of ether oxygens (including phenoxy) is 4. The Bertz CT molecular complexity index is 1160. The van der Waals surface area contributed by atoms with E-state index in [1.807, 2.05) is 20.8 Å². The van der Waals surface area contributed by atoms with E-state index >= 15 is 0 Å². The predicted octanol–water partition coefficient (Wildman–Crippen LogP) is 3.48. The molecule has 3 aliphatic heterocycles. The lowest BCUT2D eigenvalue weighted by Crippen LogP contribution is -2.73. The molecule has 0 radical (unpaired) electrons. The topological polar surface area (TPSA) is 125 Å². The maximum absolute atomic E-state index is 13.2. The zero-order chi connectivity index (χ0) is 26.8. The maximum Gasteiger partial charge on any atom is 0.339 e. The highest BCUT2D eigenvalue weighted by molar-refractivity contribution is 5.82. The van der Waals surface area contributed by atoms with Crippen LogP contribution in [0.3, 0.4) is 0 Å². The van der Waals surface area contributed by atoms with Crippen molar-refractivity contribution in [3.8, 4) is 0 Å². The molecular weight excluding hydrogens is 480 g/mol. The number of fused-ring (bicyclic) bond motifs is 3. The highest BCUT2D eigenvalue weighted by atomic mass is 16.7. The summed E-state index contributed by atoms with van der Waals surface area (Å²) < 4.78 is 29.5. The van der Waals surface area contributed by atoms with Gasteiger partial charge < -0.3 is 28.5 Å². The first-order chi connectivity index (χ1) is 17.2. The van der Waals surface area contributed by atoms with Crippen molar-refractivity contribution in [1.82, 2.24) is 0 Å². The molecule has 4 heterocycles. The Labute approximate surface area is 216 Å². The summed E-state index contributed by atoms with van der Waals surface area (Å²) in [4.78, 5) is 38.4. The van der Waals surface area contributed by atoms with Crippen LogP contribution in [-0.4, -0.2) is 52.5 Å². The third kappa shape index (κ3) is 2.85. The van der Waals surface area contributed by atoms with Crippen LogP contribution in [0, 0.1) is 28.1 Å². The minimum absolute atomic E-state index is 0.0626. The summed E-state index contributed by atoms with van der Waals surface area (Å²) in [6, 6.07) is 1.80. The van der Waals surface area contributed by atoms with Crippen LogP contribution in [0.15, 0.2) is 23.0 Å². The van der Waals surface area contributed by atoms with E-state index in [4.69, 9.17) is 23.4 Å². The molecule has 5 aliphatic rings. The highest BCUT2D eigenvalue weighted by Gasteiger charge is 2.88. The quantitative estimate of drug-likeness (QED) is 0.357. The average molecular weight is 517 g/mol. The summed E-state index contributed by atoms with van der Waals surface area (Å²) in [6.07, 6.45) is 1.71. The van der Waals surface area contributed by atoms with Crippen molar-refractivity contribution in [1.29, 1.82) is 0 Å². The van der Waals surface area contributed by atoms with Gasteiger partial charge in [-0.2, -0.15) is 0 Å². The molecule has 2 aliphatic carbocycles. The number of hydrogen-bond acceptors (Lipinski definition) is 9. The summed E-state index contributed by atoms with van der Waals surface area (Å²) in [5, 5.41) is 12.0. The summed E-state index contributed by atoms with van der Waals surface area (Å²) in [6.45, 7) is 11.2. The van der Waals surface area contributed by atoms with E-state index in [1.54, 1.807) is 18.6 Å². The van der Waals surface area contributed by atoms with Crippen molar-refractivity contribution in [3.63, 3.8) is 0 Å². The molecule has 1 aromatic rings. The van der Waals surface area contributed by atoms with Crippen LogP contribution in [0.25, 0.3) is 0 Å². The Morgan fingerprint density at radius 2 is 1.84 bits per heavy atom. The van der Waals surface area contributed by atoms with Crippen molar-refractivity contribution in [2.45, 2.75) is 103 Å². The number of hydrogen-bond donors (Lipinski definition) is 1. The van der Waals surface area contributed by atoms with E-state index in [0.29, 0.717) is 19.3 Å². The molecule has 0 unspecified atom stereocenters. The molecule has 202 valence electrons. The molecule has 1 aromatic heterocycles. The molecule has 5 fully saturated rings. The zero-order valence-corrected chi connectivity index (χ0v) is 22.2. The molecule has 37 heavy (non-hydrogen) atoms. The van der Waals surface area contributed by atoms with Crippen molar-refractivity contribution < 1.29 is 42.9 Å². The van der Waals surface area contributed by atoms with Gasteiger partial charge in [0, 0.05) is 34.7 Å². The molecule has 0 amide bonds. The molecule has 10 atom stereocenters. The molecular formula is C28H36O9. The lowest BCUT2D eigenvalue weighted by molar-refractivity contribution is -0.274. The van der Waals surface area contributed by atoms with Crippen LogP contribution < -0.4 is 0 Å². The Kier molecular flexibility index (Phi) is 4.97. The van der Waals surface area contributed by atoms with Crippen LogP contribution in [0.1, 0.15) is 78.9 Å². The van der Waals surface area contributed by atoms with Gasteiger partial charge in [-0.3, -0.25) is 9.59 Å². The van der Waals surface area contributed by atoms with E-state index in [0.717, 1.165) is 5.56 Å². The standard InChI is InChI=1S/C28H36O9/c1-14(29)34-19-12-20(31)36-24(2,3)17-11-18(30)27(6)16(26(17,19)5)7-9-25(4)21(15-8-10-33-13-15)35-23(32)22-28(25,27)37-22/h8,10,13,16-19,21-22,30H,7,9,11-12H2,1-6H3/t16-,17+,18+,19+,21-,22-,25+,26-,27+,28-/m1/s1. The fraction of sp³-hybridized carbons (Fsp3) is 0.750. The van der Waals surface area contributed by atoms with Crippen LogP contribution >= 0.6 is 0 Å². The smallest absolute Gasteiger partial charge is 0.339 e. The number of furan rings is 1. The van der Waals surface area contributed by atoms with Crippen molar-refractivity contribution in [2.75, 3.05) is 0 Å². The predicted molar refractivity (Wildman–Crippen MR) is 127 cm³/mol. The third-order valence-corrected chi connectivity index (χ3v) is 11.0. The van der Waals surface area contributed by atoms with Crippen LogP contribution in [0.4, 0.5) is 0 Å². The first kappa shape index (κ1) is 24.9. The maximum atomic E-state index is 13.2. The van der Waals surface area contributed by atoms with Gasteiger partial charge in [0.1, 0.15) is 23.4 Å². The second kappa shape index (κ2) is 7.38. The average Bonchev–Trinajstić information content (AvgIpc) is 3.38. The van der Waals surface area contributed by atoms with Crippen molar-refractivity contribution >= 4 is 17.9 Å². The van der Waals surface area contributed by atoms with E-state index in [9.17, 15) is 19.5 Å². The number of esters is 3. The summed E-state index contributed by atoms with van der Waals surface area (Å²) in [5.74, 6) is -1.86. The van der Waals surface area contributed by atoms with Gasteiger partial charge in [-0.25, -0.2) is 4.79 Å². The van der Waals surface area contributed by atoms with Gasteiger partial charge in [-0.15, -0.1) is 0 Å². The minimum Gasteiger partial charge on any atom is -0.472 e. The molecule has 2 saturated carbocycles. The van der Waals surface area contributed by atoms with Gasteiger partial charge in [0.2, 0.25) is 0 Å². The van der Waals surface area contributed by atoms with Gasteiger partial charge in [-0.05, 0) is 45.1 Å². The fourth-order valence-electron chi connectivity index (χ4n) is 9.54. The second-order valence-electron chi connectivity index (χ2n) is 12.9. The van der Waals surface area contributed by atoms with Gasteiger partial charge >= 0.3 is 17.9 Å². The monoisotopic (exact) mass is 516 g/mol. The SMILES string of the molecule is CC(=O)O[C@H]1CC(=O)OC(C)(C)[C@@H]2C[C@H](O)[C@]3(C)[C@H](CC[C@@]4(C)[C@@H](c5ccoc5)OC(=O)[C@H]5O[C@@]534)[C@@]12C. The van der Waals surface area contributed by atoms with Gasteiger partial charge in [0.15, 0.2) is 6.10 Å². The number of aliphatic hydroxyl groups excluding tert-OH is 1. The molecule has 9 heteroatoms. The summed E-state index contributed by atoms with van der Waals surface area (Å²) >= 11 is 0. The fourth-order valence-corrected chi connectivity index (χ4v) is 9.54. The van der Waals surface area contributed by atoms with Crippen LogP contribution in [0.2, 0.25) is 0 Å². The lowest BCUT2D eigenvalue weighted by atomic mass is 9.36. The number of epoxide rings is 1. The molecule has 9 nitrogen and oxygen atoms in total. The Morgan fingerprint density at radius 1 is 1.11 bits per heavy atom. The summed E-state index contributed by atoms with van der Waals surface area (Å²) in [7, 11) is 0. The van der Waals surface area contributed by atoms with Gasteiger partial charge in [0.25, 0.3) is 0 Å². The van der Waals surface area contributed by atoms with Crippen molar-refractivity contribution in [3.05, 3.63) is 24.2 Å². The van der Waals surface area contributed by atoms with E-state index in [2.05, 4.69) is 13.8 Å². The molecule has 6 rings (SSSR count). The number of aliphatic hydroxyl groups is 1. The van der Waals surface area contributed by atoms with E-state index in [1.165, 1.54) is 6.92 Å². The Hall–Kier alpha value is -2.39. The van der Waals surface area contributed by atoms with E-state index < -0.39 is 69.8 Å². The first-order valence-corrected chi connectivity index (χ1v) is 13.2. The van der Waals surface area contributed by atoms with Gasteiger partial charge in [0.05, 0.1) is 25.1 Å². The largest absolute Gasteiger partial charge is 0.472 e. The number of carbonyl (C=O) groups excluding carboxylic acids is 3.